The smallest absolute Gasteiger partial charge is 0.225 e. The Bertz CT molecular complexity index is 1180. The SMILES string of the molecule is C#Cc1ccccc1N(C(C)=C1CC1)C1CCN(C(=O)C(CCC)CCC#CCc2ccncc2)CC1. The molecule has 4 rings (SSSR count). The predicted octanol–water partition coefficient (Wildman–Crippen LogP) is 6.37. The van der Waals surface area contributed by atoms with Crippen LogP contribution in [0.2, 0.25) is 0 Å². The van der Waals surface area contributed by atoms with Crippen molar-refractivity contribution in [1.82, 2.24) is 9.88 Å². The summed E-state index contributed by atoms with van der Waals surface area (Å²) in [4.78, 5) is 22.1. The molecule has 1 aromatic carbocycles. The highest BCUT2D eigenvalue weighted by Gasteiger charge is 2.33. The third-order valence-corrected chi connectivity index (χ3v) is 7.60. The Labute approximate surface area is 223 Å². The number of rotatable bonds is 9. The average Bonchev–Trinajstić information content (AvgIpc) is 3.79. The molecule has 2 fully saturated rings. The lowest BCUT2D eigenvalue weighted by molar-refractivity contribution is -0.137. The third-order valence-electron chi connectivity index (χ3n) is 7.60. The molecule has 2 aromatic rings. The van der Waals surface area contributed by atoms with E-state index >= 15 is 0 Å². The van der Waals surface area contributed by atoms with E-state index in [9.17, 15) is 4.79 Å². The maximum atomic E-state index is 13.5. The summed E-state index contributed by atoms with van der Waals surface area (Å²) in [6.45, 7) is 6.00. The van der Waals surface area contributed by atoms with E-state index in [1.807, 2.05) is 24.3 Å². The summed E-state index contributed by atoms with van der Waals surface area (Å²) in [5, 5.41) is 0. The molecular formula is C33H39N3O. The van der Waals surface area contributed by atoms with Gasteiger partial charge in [0, 0.05) is 61.5 Å². The summed E-state index contributed by atoms with van der Waals surface area (Å²) in [5.41, 5.74) is 6.12. The van der Waals surface area contributed by atoms with Crippen LogP contribution in [0.3, 0.4) is 0 Å². The second kappa shape index (κ2) is 13.2. The standard InChI is InChI=1S/C33H39N3O/c1-4-11-30(14-8-6-7-12-27-18-22-34-23-19-27)33(37)35-24-20-31(21-25-35)36(26(3)29-16-17-29)32-15-10-9-13-28(32)5-2/h2,9-10,13,15,18-19,22-23,30-31H,4,8,11-12,14,16-17,20-21,24-25H2,1,3H3. The second-order valence-electron chi connectivity index (χ2n) is 10.2. The highest BCUT2D eigenvalue weighted by Crippen LogP contribution is 2.38. The van der Waals surface area contributed by atoms with Crippen molar-refractivity contribution in [3.05, 3.63) is 71.2 Å². The fourth-order valence-electron chi connectivity index (χ4n) is 5.39. The number of amides is 1. The van der Waals surface area contributed by atoms with Gasteiger partial charge >= 0.3 is 0 Å². The first-order valence-corrected chi connectivity index (χ1v) is 13.8. The van der Waals surface area contributed by atoms with Gasteiger partial charge in [0.25, 0.3) is 0 Å². The lowest BCUT2D eigenvalue weighted by atomic mass is 9.94. The van der Waals surface area contributed by atoms with Gasteiger partial charge in [-0.25, -0.2) is 0 Å². The number of likely N-dealkylation sites (tertiary alicyclic amines) is 1. The number of piperidine rings is 1. The Morgan fingerprint density at radius 3 is 2.51 bits per heavy atom. The van der Waals surface area contributed by atoms with E-state index in [-0.39, 0.29) is 5.92 Å². The maximum Gasteiger partial charge on any atom is 0.225 e. The van der Waals surface area contributed by atoms with Crippen molar-refractivity contribution >= 4 is 11.6 Å². The fourth-order valence-corrected chi connectivity index (χ4v) is 5.39. The van der Waals surface area contributed by atoms with Gasteiger partial charge in [-0.15, -0.1) is 12.3 Å². The zero-order valence-corrected chi connectivity index (χ0v) is 22.4. The van der Waals surface area contributed by atoms with E-state index in [4.69, 9.17) is 6.42 Å². The Morgan fingerprint density at radius 1 is 1.11 bits per heavy atom. The topological polar surface area (TPSA) is 36.4 Å². The van der Waals surface area contributed by atoms with Gasteiger partial charge < -0.3 is 9.80 Å². The van der Waals surface area contributed by atoms with Crippen LogP contribution in [0.25, 0.3) is 0 Å². The Hall–Kier alpha value is -3.50. The van der Waals surface area contributed by atoms with Gasteiger partial charge in [0.2, 0.25) is 5.91 Å². The van der Waals surface area contributed by atoms with E-state index in [1.54, 1.807) is 12.4 Å². The van der Waals surface area contributed by atoms with E-state index in [0.29, 0.717) is 11.9 Å². The molecule has 1 amide bonds. The quantitative estimate of drug-likeness (QED) is 0.381. The summed E-state index contributed by atoms with van der Waals surface area (Å²) in [7, 11) is 0. The van der Waals surface area contributed by atoms with Crippen LogP contribution in [0.15, 0.2) is 60.1 Å². The van der Waals surface area contributed by atoms with Gasteiger partial charge in [-0.3, -0.25) is 9.78 Å². The molecule has 1 atom stereocenters. The van der Waals surface area contributed by atoms with Crippen molar-refractivity contribution in [3.8, 4) is 24.2 Å². The number of hydrogen-bond donors (Lipinski definition) is 0. The van der Waals surface area contributed by atoms with Gasteiger partial charge in [0.1, 0.15) is 0 Å². The molecule has 1 saturated heterocycles. The normalized spacial score (nSPS) is 15.8. The molecule has 1 saturated carbocycles. The minimum Gasteiger partial charge on any atom is -0.342 e. The van der Waals surface area contributed by atoms with Crippen LogP contribution in [-0.2, 0) is 11.2 Å². The van der Waals surface area contributed by atoms with Crippen molar-refractivity contribution in [3.63, 3.8) is 0 Å². The minimum absolute atomic E-state index is 0.0605. The molecular weight excluding hydrogens is 454 g/mol. The highest BCUT2D eigenvalue weighted by atomic mass is 16.2. The number of nitrogens with zero attached hydrogens (tertiary/aromatic N) is 3. The summed E-state index contributed by atoms with van der Waals surface area (Å²) >= 11 is 0. The molecule has 0 N–H and O–H groups in total. The van der Waals surface area contributed by atoms with Crippen molar-refractivity contribution in [2.75, 3.05) is 18.0 Å². The zero-order chi connectivity index (χ0) is 26.0. The maximum absolute atomic E-state index is 13.5. The van der Waals surface area contributed by atoms with Crippen LogP contribution in [0.1, 0.15) is 76.3 Å². The lowest BCUT2D eigenvalue weighted by Crippen LogP contribution is -2.48. The molecule has 2 aliphatic rings. The molecule has 0 spiro atoms. The molecule has 2 heterocycles. The van der Waals surface area contributed by atoms with Crippen molar-refractivity contribution in [1.29, 1.82) is 0 Å². The fraction of sp³-hybridized carbons (Fsp3) is 0.455. The van der Waals surface area contributed by atoms with Gasteiger partial charge in [0.05, 0.1) is 5.69 Å². The van der Waals surface area contributed by atoms with E-state index < -0.39 is 0 Å². The number of benzene rings is 1. The number of hydrogen-bond acceptors (Lipinski definition) is 3. The van der Waals surface area contributed by atoms with E-state index in [2.05, 4.69) is 58.5 Å². The van der Waals surface area contributed by atoms with Gasteiger partial charge in [-0.1, -0.05) is 42.9 Å². The summed E-state index contributed by atoms with van der Waals surface area (Å²) < 4.78 is 0. The molecule has 0 bridgehead atoms. The van der Waals surface area contributed by atoms with Crippen molar-refractivity contribution in [2.24, 2.45) is 5.92 Å². The van der Waals surface area contributed by atoms with E-state index in [0.717, 1.165) is 69.3 Å². The second-order valence-corrected chi connectivity index (χ2v) is 10.2. The Kier molecular flexibility index (Phi) is 9.45. The average molecular weight is 494 g/mol. The molecule has 37 heavy (non-hydrogen) atoms. The van der Waals surface area contributed by atoms with Crippen LogP contribution in [-0.4, -0.2) is 34.9 Å². The molecule has 1 aromatic heterocycles. The Balaban J connectivity index is 1.36. The number of allylic oxidation sites excluding steroid dienone is 2. The predicted molar refractivity (Wildman–Crippen MR) is 152 cm³/mol. The first kappa shape index (κ1) is 26.6. The number of anilines is 1. The number of para-hydroxylation sites is 1. The van der Waals surface area contributed by atoms with Crippen LogP contribution in [0.5, 0.6) is 0 Å². The van der Waals surface area contributed by atoms with Crippen LogP contribution in [0.4, 0.5) is 5.69 Å². The minimum atomic E-state index is 0.0605. The molecule has 1 aliphatic carbocycles. The van der Waals surface area contributed by atoms with Crippen LogP contribution in [0, 0.1) is 30.1 Å². The van der Waals surface area contributed by atoms with Crippen LogP contribution < -0.4 is 4.90 Å². The van der Waals surface area contributed by atoms with Gasteiger partial charge in [0.15, 0.2) is 0 Å². The first-order valence-electron chi connectivity index (χ1n) is 13.8. The monoisotopic (exact) mass is 493 g/mol. The van der Waals surface area contributed by atoms with Gasteiger partial charge in [-0.2, -0.15) is 0 Å². The largest absolute Gasteiger partial charge is 0.342 e. The van der Waals surface area contributed by atoms with Crippen molar-refractivity contribution < 1.29 is 4.79 Å². The molecule has 1 aliphatic heterocycles. The molecule has 1 unspecified atom stereocenters. The lowest BCUT2D eigenvalue weighted by Gasteiger charge is -2.41. The van der Waals surface area contributed by atoms with E-state index in [1.165, 1.54) is 29.7 Å². The van der Waals surface area contributed by atoms with Crippen LogP contribution >= 0.6 is 0 Å². The number of carbonyl (C=O) groups is 1. The third kappa shape index (κ3) is 7.05. The first-order chi connectivity index (χ1) is 18.1. The summed E-state index contributed by atoms with van der Waals surface area (Å²) in [6, 6.07) is 12.6. The number of aromatic nitrogens is 1. The molecule has 192 valence electrons. The number of pyridine rings is 1. The zero-order valence-electron chi connectivity index (χ0n) is 22.4. The highest BCUT2D eigenvalue weighted by molar-refractivity contribution is 5.79. The number of terminal acetylenes is 1. The van der Waals surface area contributed by atoms with Gasteiger partial charge in [-0.05, 0) is 75.3 Å². The molecule has 0 radical (unpaired) electrons. The number of carbonyl (C=O) groups excluding carboxylic acids is 1. The van der Waals surface area contributed by atoms with Crippen molar-refractivity contribution in [2.45, 2.75) is 77.7 Å². The Morgan fingerprint density at radius 2 is 1.84 bits per heavy atom. The summed E-state index contributed by atoms with van der Waals surface area (Å²) in [6.07, 6.45) is 18.0. The molecule has 4 heteroatoms. The molecule has 4 nitrogen and oxygen atoms in total. The summed E-state index contributed by atoms with van der Waals surface area (Å²) in [5.74, 6) is 9.80.